The summed E-state index contributed by atoms with van der Waals surface area (Å²) in [5.41, 5.74) is 2.06. The Labute approximate surface area is 136 Å². The van der Waals surface area contributed by atoms with Gasteiger partial charge in [-0.05, 0) is 18.8 Å². The van der Waals surface area contributed by atoms with Gasteiger partial charge in [0.15, 0.2) is 9.84 Å². The number of rotatable bonds is 6. The zero-order valence-corrected chi connectivity index (χ0v) is 14.4. The van der Waals surface area contributed by atoms with Crippen LogP contribution in [0.2, 0.25) is 0 Å². The van der Waals surface area contributed by atoms with Crippen LogP contribution in [0.15, 0.2) is 6.20 Å². The first-order valence-corrected chi connectivity index (χ1v) is 9.93. The van der Waals surface area contributed by atoms with E-state index in [1.54, 1.807) is 11.1 Å². The molecule has 1 aliphatic carbocycles. The monoisotopic (exact) mass is 341 g/mol. The molecular weight excluding hydrogens is 318 g/mol. The topological polar surface area (TPSA) is 81.5 Å². The van der Waals surface area contributed by atoms with Crippen molar-refractivity contribution < 1.29 is 17.9 Å². The molecule has 7 nitrogen and oxygen atoms in total. The third-order valence-electron chi connectivity index (χ3n) is 4.36. The summed E-state index contributed by atoms with van der Waals surface area (Å²) >= 11 is 0. The second-order valence-electron chi connectivity index (χ2n) is 6.70. The Bertz CT molecular complexity index is 694. The third-order valence-corrected chi connectivity index (χ3v) is 5.13. The highest BCUT2D eigenvalue weighted by Gasteiger charge is 2.32. The molecule has 1 atom stereocenters. The van der Waals surface area contributed by atoms with Crippen LogP contribution in [0.5, 0.6) is 0 Å². The predicted octanol–water partition coefficient (Wildman–Crippen LogP) is 0.317. The molecule has 0 spiro atoms. The molecule has 1 amide bonds. The van der Waals surface area contributed by atoms with Crippen LogP contribution in [-0.2, 0) is 33.0 Å². The van der Waals surface area contributed by atoms with Gasteiger partial charge in [-0.25, -0.2) is 8.42 Å². The molecule has 0 saturated heterocycles. The number of sulfone groups is 1. The van der Waals surface area contributed by atoms with E-state index in [-0.39, 0.29) is 11.8 Å². The minimum atomic E-state index is -3.33. The Morgan fingerprint density at radius 1 is 1.39 bits per heavy atom. The van der Waals surface area contributed by atoms with Gasteiger partial charge in [-0.15, -0.1) is 0 Å². The van der Waals surface area contributed by atoms with Crippen molar-refractivity contribution in [1.82, 2.24) is 14.7 Å². The second kappa shape index (κ2) is 6.24. The summed E-state index contributed by atoms with van der Waals surface area (Å²) in [4.78, 5) is 13.9. The molecule has 1 aromatic heterocycles. The van der Waals surface area contributed by atoms with E-state index in [2.05, 4.69) is 5.10 Å². The number of nitrogens with zero attached hydrogens (tertiary/aromatic N) is 3. The maximum Gasteiger partial charge on any atom is 0.238 e. The molecule has 8 heteroatoms. The summed E-state index contributed by atoms with van der Waals surface area (Å²) in [5.74, 6) is -0.0756. The van der Waals surface area contributed by atoms with Crippen LogP contribution in [0.25, 0.3) is 0 Å². The summed E-state index contributed by atoms with van der Waals surface area (Å²) in [6.07, 6.45) is 5.31. The van der Waals surface area contributed by atoms with Crippen LogP contribution in [0.1, 0.15) is 30.0 Å². The maximum atomic E-state index is 12.2. The molecule has 0 bridgehead atoms. The van der Waals surface area contributed by atoms with E-state index in [1.807, 2.05) is 11.7 Å². The van der Waals surface area contributed by atoms with Crippen molar-refractivity contribution in [3.63, 3.8) is 0 Å². The number of carbonyl (C=O) groups excluding carboxylic acids is 1. The number of fused-ring (bicyclic) bond motifs is 1. The molecule has 0 N–H and O–H groups in total. The Morgan fingerprint density at radius 2 is 2.13 bits per heavy atom. The van der Waals surface area contributed by atoms with Crippen LogP contribution in [0.3, 0.4) is 0 Å². The van der Waals surface area contributed by atoms with E-state index in [0.717, 1.165) is 24.1 Å². The Kier molecular flexibility index (Phi) is 4.46. The number of hydrogen-bond acceptors (Lipinski definition) is 5. The Morgan fingerprint density at radius 3 is 2.78 bits per heavy atom. The van der Waals surface area contributed by atoms with E-state index in [1.165, 1.54) is 12.8 Å². The van der Waals surface area contributed by atoms with Crippen LogP contribution in [0.4, 0.5) is 0 Å². The summed E-state index contributed by atoms with van der Waals surface area (Å²) in [6, 6.07) is 0. The molecule has 1 saturated carbocycles. The molecule has 23 heavy (non-hydrogen) atoms. The molecule has 2 heterocycles. The number of aryl methyl sites for hydroxylation is 1. The van der Waals surface area contributed by atoms with Gasteiger partial charge in [0.25, 0.3) is 0 Å². The van der Waals surface area contributed by atoms with Gasteiger partial charge in [-0.1, -0.05) is 0 Å². The molecular formula is C15H23N3O4S. The fourth-order valence-electron chi connectivity index (χ4n) is 3.06. The van der Waals surface area contributed by atoms with Crippen LogP contribution >= 0.6 is 0 Å². The van der Waals surface area contributed by atoms with E-state index < -0.39 is 15.6 Å². The Hall–Kier alpha value is -1.41. The number of hydrogen-bond donors (Lipinski definition) is 0. The fourth-order valence-corrected chi connectivity index (χ4v) is 3.69. The quantitative estimate of drug-likeness (QED) is 0.744. The highest BCUT2D eigenvalue weighted by atomic mass is 32.2. The largest absolute Gasteiger partial charge is 0.380 e. The van der Waals surface area contributed by atoms with Crippen molar-refractivity contribution in [2.45, 2.75) is 25.3 Å². The van der Waals surface area contributed by atoms with E-state index in [4.69, 9.17) is 4.74 Å². The summed E-state index contributed by atoms with van der Waals surface area (Å²) in [5, 5.41) is 4.28. The number of ether oxygens (including phenoxy) is 1. The minimum Gasteiger partial charge on any atom is -0.380 e. The zero-order chi connectivity index (χ0) is 16.6. The second-order valence-corrected chi connectivity index (χ2v) is 8.84. The lowest BCUT2D eigenvalue weighted by Crippen LogP contribution is -2.42. The van der Waals surface area contributed by atoms with Gasteiger partial charge in [0.1, 0.15) is 5.75 Å². The van der Waals surface area contributed by atoms with Gasteiger partial charge >= 0.3 is 0 Å². The SMILES string of the molecule is Cn1ncc2c1[C@H](COCC1CC1)CN(C(=O)CS(C)(=O)=O)C2. The van der Waals surface area contributed by atoms with Crippen molar-refractivity contribution in [3.05, 3.63) is 17.5 Å². The smallest absolute Gasteiger partial charge is 0.238 e. The average Bonchev–Trinajstić information content (AvgIpc) is 3.19. The molecule has 1 fully saturated rings. The van der Waals surface area contributed by atoms with Crippen molar-refractivity contribution in [2.75, 3.05) is 31.8 Å². The van der Waals surface area contributed by atoms with Crippen molar-refractivity contribution >= 4 is 15.7 Å². The van der Waals surface area contributed by atoms with Gasteiger partial charge in [0.2, 0.25) is 5.91 Å². The lowest BCUT2D eigenvalue weighted by molar-refractivity contribution is -0.130. The van der Waals surface area contributed by atoms with Gasteiger partial charge in [-0.3, -0.25) is 9.48 Å². The summed E-state index contributed by atoms with van der Waals surface area (Å²) < 4.78 is 30.4. The average molecular weight is 341 g/mol. The molecule has 0 unspecified atom stereocenters. The standard InChI is InChI=1S/C15H23N3O4S/c1-17-15-12(5-16-17)6-18(14(19)10-23(2,20)21)7-13(15)9-22-8-11-3-4-11/h5,11,13H,3-4,6-10H2,1-2H3/t13-/m0/s1. The van der Waals surface area contributed by atoms with Crippen LogP contribution < -0.4 is 0 Å². The van der Waals surface area contributed by atoms with Crippen molar-refractivity contribution in [3.8, 4) is 0 Å². The van der Waals surface area contributed by atoms with E-state index >= 15 is 0 Å². The summed E-state index contributed by atoms with van der Waals surface area (Å²) in [7, 11) is -1.44. The molecule has 128 valence electrons. The zero-order valence-electron chi connectivity index (χ0n) is 13.6. The van der Waals surface area contributed by atoms with Crippen molar-refractivity contribution in [2.24, 2.45) is 13.0 Å². The van der Waals surface area contributed by atoms with E-state index in [0.29, 0.717) is 25.6 Å². The van der Waals surface area contributed by atoms with E-state index in [9.17, 15) is 13.2 Å². The lowest BCUT2D eigenvalue weighted by atomic mass is 9.97. The fraction of sp³-hybridized carbons (Fsp3) is 0.733. The number of aromatic nitrogens is 2. The first kappa shape index (κ1) is 16.4. The first-order chi connectivity index (χ1) is 10.8. The molecule has 1 aromatic rings. The van der Waals surface area contributed by atoms with Gasteiger partial charge in [0.05, 0.1) is 18.5 Å². The van der Waals surface area contributed by atoms with Gasteiger partial charge < -0.3 is 9.64 Å². The predicted molar refractivity (Wildman–Crippen MR) is 84.6 cm³/mol. The van der Waals surface area contributed by atoms with Gasteiger partial charge in [-0.2, -0.15) is 5.10 Å². The highest BCUT2D eigenvalue weighted by molar-refractivity contribution is 7.91. The molecule has 0 radical (unpaired) electrons. The first-order valence-electron chi connectivity index (χ1n) is 7.87. The number of amides is 1. The third kappa shape index (κ3) is 4.11. The molecule has 1 aliphatic heterocycles. The highest BCUT2D eigenvalue weighted by Crippen LogP contribution is 2.31. The van der Waals surface area contributed by atoms with Crippen molar-refractivity contribution in [1.29, 1.82) is 0 Å². The van der Waals surface area contributed by atoms with Crippen LogP contribution in [-0.4, -0.2) is 60.8 Å². The molecule has 0 aromatic carbocycles. The number of carbonyl (C=O) groups is 1. The van der Waals surface area contributed by atoms with Crippen LogP contribution in [0, 0.1) is 5.92 Å². The molecule has 2 aliphatic rings. The maximum absolute atomic E-state index is 12.2. The van der Waals surface area contributed by atoms with Gasteiger partial charge in [0, 0.05) is 44.5 Å². The minimum absolute atomic E-state index is 0.0357. The summed E-state index contributed by atoms with van der Waals surface area (Å²) in [6.45, 7) is 2.19. The lowest BCUT2D eigenvalue weighted by Gasteiger charge is -2.33. The normalized spacial score (nSPS) is 21.3. The molecule has 3 rings (SSSR count). The Balaban J connectivity index is 1.71.